The molecule has 32 heavy (non-hydrogen) atoms. The first-order valence-corrected chi connectivity index (χ1v) is 12.2. The molecule has 0 spiro atoms. The van der Waals surface area contributed by atoms with E-state index in [1.807, 2.05) is 6.07 Å². The predicted molar refractivity (Wildman–Crippen MR) is 124 cm³/mol. The Bertz CT molecular complexity index is 1300. The van der Waals surface area contributed by atoms with E-state index in [1.165, 1.54) is 10.4 Å². The maximum atomic E-state index is 13.6. The fraction of sp³-hybridized carbons (Fsp3) is 0.348. The van der Waals surface area contributed by atoms with Crippen molar-refractivity contribution < 1.29 is 17.9 Å². The largest absolute Gasteiger partial charge is 0.497 e. The Balaban J connectivity index is 1.75. The number of hydrogen-bond acceptors (Lipinski definition) is 5. The van der Waals surface area contributed by atoms with Crippen LogP contribution < -0.4 is 10.3 Å². The van der Waals surface area contributed by atoms with Gasteiger partial charge in [0, 0.05) is 36.3 Å². The number of pyridine rings is 1. The number of aromatic amines is 1. The van der Waals surface area contributed by atoms with Gasteiger partial charge in [-0.3, -0.25) is 4.79 Å². The van der Waals surface area contributed by atoms with Gasteiger partial charge in [0.25, 0.3) is 5.56 Å². The molecule has 0 radical (unpaired) electrons. The summed E-state index contributed by atoms with van der Waals surface area (Å²) >= 11 is 6.10. The standard InChI is InChI=1S/C23H25ClN2O5S/c1-15-5-7-18(24)11-22(15)32(28,29)26(14-20-4-3-9-31-20)13-17-10-16-6-8-19(30-2)12-21(16)25-23(17)27/h5-8,10-12,20H,3-4,9,13-14H2,1-2H3,(H,25,27). The molecule has 1 aromatic heterocycles. The van der Waals surface area contributed by atoms with Crippen molar-refractivity contribution in [2.24, 2.45) is 0 Å². The Labute approximate surface area is 192 Å². The molecular formula is C23H25ClN2O5S. The van der Waals surface area contributed by atoms with Gasteiger partial charge in [-0.2, -0.15) is 4.31 Å². The van der Waals surface area contributed by atoms with Crippen LogP contribution in [0.5, 0.6) is 5.75 Å². The Morgan fingerprint density at radius 3 is 2.75 bits per heavy atom. The molecule has 0 aliphatic carbocycles. The summed E-state index contributed by atoms with van der Waals surface area (Å²) in [5.41, 5.74) is 1.22. The van der Waals surface area contributed by atoms with Crippen molar-refractivity contribution in [1.82, 2.24) is 9.29 Å². The average Bonchev–Trinajstić information content (AvgIpc) is 3.28. The van der Waals surface area contributed by atoms with Crippen LogP contribution in [0, 0.1) is 6.92 Å². The van der Waals surface area contributed by atoms with E-state index in [9.17, 15) is 13.2 Å². The van der Waals surface area contributed by atoms with Crippen molar-refractivity contribution in [3.63, 3.8) is 0 Å². The Morgan fingerprint density at radius 1 is 1.22 bits per heavy atom. The molecule has 1 saturated heterocycles. The second kappa shape index (κ2) is 9.23. The molecular weight excluding hydrogens is 452 g/mol. The van der Waals surface area contributed by atoms with Crippen molar-refractivity contribution in [2.45, 2.75) is 37.3 Å². The highest BCUT2D eigenvalue weighted by Crippen LogP contribution is 2.27. The number of aromatic nitrogens is 1. The molecule has 1 unspecified atom stereocenters. The third-order valence-corrected chi connectivity index (χ3v) is 7.86. The minimum absolute atomic E-state index is 0.0779. The summed E-state index contributed by atoms with van der Waals surface area (Å²) in [6.07, 6.45) is 1.44. The highest BCUT2D eigenvalue weighted by Gasteiger charge is 2.31. The second-order valence-electron chi connectivity index (χ2n) is 7.92. The average molecular weight is 477 g/mol. The van der Waals surface area contributed by atoms with E-state index in [0.717, 1.165) is 18.2 Å². The van der Waals surface area contributed by atoms with Crippen molar-refractivity contribution in [1.29, 1.82) is 0 Å². The lowest BCUT2D eigenvalue weighted by atomic mass is 10.1. The molecule has 3 aromatic rings. The molecule has 0 saturated carbocycles. The van der Waals surface area contributed by atoms with Crippen LogP contribution in [0.15, 0.2) is 52.2 Å². The maximum absolute atomic E-state index is 13.6. The van der Waals surface area contributed by atoms with Crippen LogP contribution in [-0.2, 0) is 21.3 Å². The van der Waals surface area contributed by atoms with Gasteiger partial charge < -0.3 is 14.5 Å². The lowest BCUT2D eigenvalue weighted by Crippen LogP contribution is -2.38. The lowest BCUT2D eigenvalue weighted by Gasteiger charge is -2.25. The fourth-order valence-electron chi connectivity index (χ4n) is 3.91. The van der Waals surface area contributed by atoms with E-state index in [-0.39, 0.29) is 29.6 Å². The van der Waals surface area contributed by atoms with Crippen molar-refractivity contribution in [3.05, 3.63) is 69.0 Å². The van der Waals surface area contributed by atoms with Crippen LogP contribution in [-0.4, -0.2) is 44.1 Å². The summed E-state index contributed by atoms with van der Waals surface area (Å²) in [5.74, 6) is 0.625. The first-order chi connectivity index (χ1) is 15.3. The number of benzene rings is 2. The fourth-order valence-corrected chi connectivity index (χ4v) is 5.85. The molecule has 1 aliphatic heterocycles. The molecule has 1 N–H and O–H groups in total. The normalized spacial score (nSPS) is 16.7. The molecule has 2 heterocycles. The number of sulfonamides is 1. The number of hydrogen-bond donors (Lipinski definition) is 1. The summed E-state index contributed by atoms with van der Waals surface area (Å²) in [7, 11) is -2.37. The lowest BCUT2D eigenvalue weighted by molar-refractivity contribution is 0.0925. The van der Waals surface area contributed by atoms with E-state index >= 15 is 0 Å². The second-order valence-corrected chi connectivity index (χ2v) is 10.3. The predicted octanol–water partition coefficient (Wildman–Crippen LogP) is 3.87. The van der Waals surface area contributed by atoms with Crippen molar-refractivity contribution in [2.75, 3.05) is 20.3 Å². The molecule has 7 nitrogen and oxygen atoms in total. The summed E-state index contributed by atoms with van der Waals surface area (Å²) in [6, 6.07) is 11.9. The van der Waals surface area contributed by atoms with Gasteiger partial charge in [-0.15, -0.1) is 0 Å². The highest BCUT2D eigenvalue weighted by molar-refractivity contribution is 7.89. The number of methoxy groups -OCH3 is 1. The highest BCUT2D eigenvalue weighted by atomic mass is 35.5. The summed E-state index contributed by atoms with van der Waals surface area (Å²) < 4.78 is 39.5. The summed E-state index contributed by atoms with van der Waals surface area (Å²) in [6.45, 7) is 2.41. The molecule has 2 aromatic carbocycles. The number of H-pyrrole nitrogens is 1. The Morgan fingerprint density at radius 2 is 2.03 bits per heavy atom. The van der Waals surface area contributed by atoms with Crippen molar-refractivity contribution >= 4 is 32.5 Å². The Kier molecular flexibility index (Phi) is 6.57. The van der Waals surface area contributed by atoms with E-state index in [4.69, 9.17) is 21.1 Å². The van der Waals surface area contributed by atoms with Gasteiger partial charge in [0.1, 0.15) is 5.75 Å². The molecule has 1 aliphatic rings. The zero-order valence-corrected chi connectivity index (χ0v) is 19.5. The van der Waals surface area contributed by atoms with Gasteiger partial charge in [-0.05, 0) is 61.0 Å². The van der Waals surface area contributed by atoms with Gasteiger partial charge >= 0.3 is 0 Å². The number of fused-ring (bicyclic) bond motifs is 1. The summed E-state index contributed by atoms with van der Waals surface area (Å²) in [4.78, 5) is 15.8. The van der Waals surface area contributed by atoms with E-state index in [0.29, 0.717) is 34.0 Å². The molecule has 9 heteroatoms. The minimum atomic E-state index is -3.92. The first kappa shape index (κ1) is 22.8. The minimum Gasteiger partial charge on any atom is -0.497 e. The topological polar surface area (TPSA) is 88.7 Å². The van der Waals surface area contributed by atoms with Crippen LogP contribution in [0.1, 0.15) is 24.0 Å². The van der Waals surface area contributed by atoms with Gasteiger partial charge in [0.15, 0.2) is 0 Å². The number of ether oxygens (including phenoxy) is 2. The van der Waals surface area contributed by atoms with Crippen LogP contribution >= 0.6 is 11.6 Å². The monoisotopic (exact) mass is 476 g/mol. The number of aryl methyl sites for hydroxylation is 1. The quantitative estimate of drug-likeness (QED) is 0.559. The van der Waals surface area contributed by atoms with E-state index in [1.54, 1.807) is 44.4 Å². The van der Waals surface area contributed by atoms with Gasteiger partial charge in [-0.1, -0.05) is 17.7 Å². The third-order valence-electron chi connectivity index (χ3n) is 5.68. The smallest absolute Gasteiger partial charge is 0.252 e. The first-order valence-electron chi connectivity index (χ1n) is 10.4. The van der Waals surface area contributed by atoms with E-state index < -0.39 is 10.0 Å². The molecule has 0 amide bonds. The van der Waals surface area contributed by atoms with E-state index in [2.05, 4.69) is 4.98 Å². The van der Waals surface area contributed by atoms with Crippen LogP contribution in [0.2, 0.25) is 5.02 Å². The van der Waals surface area contributed by atoms with Crippen molar-refractivity contribution in [3.8, 4) is 5.75 Å². The zero-order valence-electron chi connectivity index (χ0n) is 17.9. The van der Waals surface area contributed by atoms with Crippen LogP contribution in [0.4, 0.5) is 0 Å². The number of halogens is 1. The van der Waals surface area contributed by atoms with Gasteiger partial charge in [-0.25, -0.2) is 8.42 Å². The van der Waals surface area contributed by atoms with Crippen LogP contribution in [0.3, 0.4) is 0 Å². The molecule has 4 rings (SSSR count). The van der Waals surface area contributed by atoms with Gasteiger partial charge in [0.05, 0.1) is 23.6 Å². The molecule has 170 valence electrons. The number of nitrogens with one attached hydrogen (secondary N) is 1. The maximum Gasteiger partial charge on any atom is 0.252 e. The zero-order chi connectivity index (χ0) is 22.9. The molecule has 1 atom stereocenters. The summed E-state index contributed by atoms with van der Waals surface area (Å²) in [5, 5.41) is 1.12. The van der Waals surface area contributed by atoms with Crippen LogP contribution in [0.25, 0.3) is 10.9 Å². The number of nitrogens with zero attached hydrogens (tertiary/aromatic N) is 1. The molecule has 0 bridgehead atoms. The number of rotatable bonds is 7. The Hall–Kier alpha value is -2.39. The SMILES string of the molecule is COc1ccc2cc(CN(CC3CCCO3)S(=O)(=O)c3cc(Cl)ccc3C)c(=O)[nH]c2c1. The third kappa shape index (κ3) is 4.68. The molecule has 1 fully saturated rings. The van der Waals surface area contributed by atoms with Gasteiger partial charge in [0.2, 0.25) is 10.0 Å².